The molecule has 0 radical (unpaired) electrons. The van der Waals surface area contributed by atoms with Crippen molar-refractivity contribution >= 4 is 5.97 Å². The van der Waals surface area contributed by atoms with Crippen molar-refractivity contribution in [2.24, 2.45) is 0 Å². The predicted molar refractivity (Wildman–Crippen MR) is 87.6 cm³/mol. The monoisotopic (exact) mass is 361 g/mol. The summed E-state index contributed by atoms with van der Waals surface area (Å²) >= 11 is 0. The SMILES string of the molecule is CCOC(=O)Cc1nc(-c2ccc(F)cc2)oc1-c1ccc(F)c(F)c1. The molecule has 3 aromatic rings. The summed E-state index contributed by atoms with van der Waals surface area (Å²) in [5, 5.41) is 0. The van der Waals surface area contributed by atoms with Gasteiger partial charge in [0.15, 0.2) is 17.4 Å². The highest BCUT2D eigenvalue weighted by Crippen LogP contribution is 2.31. The van der Waals surface area contributed by atoms with Gasteiger partial charge in [-0.15, -0.1) is 0 Å². The smallest absolute Gasteiger partial charge is 0.312 e. The molecule has 134 valence electrons. The Morgan fingerprint density at radius 3 is 2.38 bits per heavy atom. The zero-order valence-corrected chi connectivity index (χ0v) is 13.8. The van der Waals surface area contributed by atoms with E-state index in [1.807, 2.05) is 0 Å². The van der Waals surface area contributed by atoms with Crippen LogP contribution in [-0.4, -0.2) is 17.6 Å². The lowest BCUT2D eigenvalue weighted by molar-refractivity contribution is -0.142. The lowest BCUT2D eigenvalue weighted by Crippen LogP contribution is -2.08. The largest absolute Gasteiger partial charge is 0.466 e. The average molecular weight is 361 g/mol. The number of carbonyl (C=O) groups excluding carboxylic acids is 1. The number of halogens is 3. The molecule has 26 heavy (non-hydrogen) atoms. The molecule has 3 rings (SSSR count). The summed E-state index contributed by atoms with van der Waals surface area (Å²) in [6, 6.07) is 8.64. The summed E-state index contributed by atoms with van der Waals surface area (Å²) in [6.07, 6.45) is -0.202. The molecule has 1 heterocycles. The second-order valence-electron chi connectivity index (χ2n) is 5.41. The number of esters is 1. The number of aromatic nitrogens is 1. The molecule has 0 fully saturated rings. The molecule has 0 aliphatic rings. The van der Waals surface area contributed by atoms with Crippen LogP contribution < -0.4 is 0 Å². The van der Waals surface area contributed by atoms with Crippen LogP contribution in [0.25, 0.3) is 22.8 Å². The molecular weight excluding hydrogens is 347 g/mol. The number of hydrogen-bond acceptors (Lipinski definition) is 4. The third-order valence-electron chi connectivity index (χ3n) is 3.59. The van der Waals surface area contributed by atoms with Gasteiger partial charge in [-0.2, -0.15) is 0 Å². The van der Waals surface area contributed by atoms with Crippen LogP contribution in [0.1, 0.15) is 12.6 Å². The Morgan fingerprint density at radius 2 is 1.73 bits per heavy atom. The predicted octanol–water partition coefficient (Wildman–Crippen LogP) is 4.53. The fourth-order valence-corrected chi connectivity index (χ4v) is 2.40. The average Bonchev–Trinajstić information content (AvgIpc) is 3.02. The van der Waals surface area contributed by atoms with Gasteiger partial charge < -0.3 is 9.15 Å². The zero-order chi connectivity index (χ0) is 18.7. The van der Waals surface area contributed by atoms with Gasteiger partial charge in [0, 0.05) is 11.1 Å². The molecular formula is C19H14F3NO3. The fourth-order valence-electron chi connectivity index (χ4n) is 2.40. The molecule has 0 spiro atoms. The Hall–Kier alpha value is -3.09. The van der Waals surface area contributed by atoms with Crippen molar-refractivity contribution in [3.8, 4) is 22.8 Å². The van der Waals surface area contributed by atoms with E-state index in [0.717, 1.165) is 12.1 Å². The highest BCUT2D eigenvalue weighted by Gasteiger charge is 2.20. The van der Waals surface area contributed by atoms with E-state index < -0.39 is 23.4 Å². The summed E-state index contributed by atoms with van der Waals surface area (Å²) in [4.78, 5) is 16.1. The number of ether oxygens (including phenoxy) is 1. The van der Waals surface area contributed by atoms with E-state index in [2.05, 4.69) is 4.98 Å². The molecule has 0 saturated heterocycles. The third-order valence-corrected chi connectivity index (χ3v) is 3.59. The van der Waals surface area contributed by atoms with Gasteiger partial charge >= 0.3 is 5.97 Å². The first kappa shape index (κ1) is 17.7. The molecule has 0 aliphatic heterocycles. The van der Waals surface area contributed by atoms with Crippen LogP contribution in [0.5, 0.6) is 0 Å². The summed E-state index contributed by atoms with van der Waals surface area (Å²) in [7, 11) is 0. The van der Waals surface area contributed by atoms with Crippen LogP contribution >= 0.6 is 0 Å². The molecule has 1 aromatic heterocycles. The van der Waals surface area contributed by atoms with E-state index >= 15 is 0 Å². The van der Waals surface area contributed by atoms with Gasteiger partial charge in [-0.25, -0.2) is 18.2 Å². The topological polar surface area (TPSA) is 52.3 Å². The minimum atomic E-state index is -1.05. The molecule has 0 aliphatic carbocycles. The molecule has 0 unspecified atom stereocenters. The van der Waals surface area contributed by atoms with Crippen molar-refractivity contribution in [2.75, 3.05) is 6.61 Å². The van der Waals surface area contributed by atoms with E-state index in [4.69, 9.17) is 9.15 Å². The first-order valence-electron chi connectivity index (χ1n) is 7.84. The molecule has 0 atom stereocenters. The van der Waals surface area contributed by atoms with E-state index in [-0.39, 0.29) is 35.9 Å². The summed E-state index contributed by atoms with van der Waals surface area (Å²) < 4.78 is 50.5. The van der Waals surface area contributed by atoms with E-state index in [0.29, 0.717) is 5.56 Å². The van der Waals surface area contributed by atoms with Crippen LogP contribution in [0.4, 0.5) is 13.2 Å². The fraction of sp³-hybridized carbons (Fsp3) is 0.158. The highest BCUT2D eigenvalue weighted by atomic mass is 19.2. The first-order valence-corrected chi connectivity index (χ1v) is 7.84. The van der Waals surface area contributed by atoms with Gasteiger partial charge in [-0.3, -0.25) is 4.79 Å². The number of rotatable bonds is 5. The number of hydrogen-bond donors (Lipinski definition) is 0. The van der Waals surface area contributed by atoms with Gasteiger partial charge in [-0.1, -0.05) is 0 Å². The van der Waals surface area contributed by atoms with Crippen LogP contribution in [0, 0.1) is 17.5 Å². The zero-order valence-electron chi connectivity index (χ0n) is 13.8. The van der Waals surface area contributed by atoms with Crippen LogP contribution in [-0.2, 0) is 16.0 Å². The number of nitrogens with zero attached hydrogens (tertiary/aromatic N) is 1. The maximum atomic E-state index is 13.6. The third kappa shape index (κ3) is 3.77. The van der Waals surface area contributed by atoms with Crippen molar-refractivity contribution in [3.63, 3.8) is 0 Å². The Bertz CT molecular complexity index is 936. The summed E-state index contributed by atoms with van der Waals surface area (Å²) in [5.41, 5.74) is 0.920. The summed E-state index contributed by atoms with van der Waals surface area (Å²) in [6.45, 7) is 1.86. The van der Waals surface area contributed by atoms with Crippen LogP contribution in [0.15, 0.2) is 46.9 Å². The van der Waals surface area contributed by atoms with Gasteiger partial charge in [0.2, 0.25) is 5.89 Å². The number of carbonyl (C=O) groups is 1. The Kier molecular flexibility index (Phi) is 5.06. The Morgan fingerprint density at radius 1 is 1.04 bits per heavy atom. The minimum absolute atomic E-state index is 0.122. The van der Waals surface area contributed by atoms with Crippen LogP contribution in [0.3, 0.4) is 0 Å². The minimum Gasteiger partial charge on any atom is -0.466 e. The second-order valence-corrected chi connectivity index (χ2v) is 5.41. The van der Waals surface area contributed by atoms with Crippen LogP contribution in [0.2, 0.25) is 0 Å². The Balaban J connectivity index is 2.06. The standard InChI is InChI=1S/C19H14F3NO3/c1-2-25-17(24)10-16-18(12-5-8-14(21)15(22)9-12)26-19(23-16)11-3-6-13(20)7-4-11/h3-9H,2,10H2,1H3. The first-order chi connectivity index (χ1) is 12.5. The molecule has 7 heteroatoms. The number of oxazole rings is 1. The van der Waals surface area contributed by atoms with E-state index in [1.54, 1.807) is 6.92 Å². The van der Waals surface area contributed by atoms with Crippen molar-refractivity contribution in [1.82, 2.24) is 4.98 Å². The molecule has 0 saturated carbocycles. The van der Waals surface area contributed by atoms with Crippen molar-refractivity contribution < 1.29 is 27.1 Å². The molecule has 0 bridgehead atoms. The lowest BCUT2D eigenvalue weighted by atomic mass is 10.1. The number of benzene rings is 2. The van der Waals surface area contributed by atoms with Crippen molar-refractivity contribution in [3.05, 3.63) is 65.6 Å². The molecule has 2 aromatic carbocycles. The van der Waals surface area contributed by atoms with Crippen molar-refractivity contribution in [2.45, 2.75) is 13.3 Å². The van der Waals surface area contributed by atoms with Gasteiger partial charge in [-0.05, 0) is 49.4 Å². The second kappa shape index (κ2) is 7.43. The quantitative estimate of drug-likeness (QED) is 0.627. The normalized spacial score (nSPS) is 10.8. The van der Waals surface area contributed by atoms with E-state index in [1.165, 1.54) is 30.3 Å². The molecule has 0 amide bonds. The van der Waals surface area contributed by atoms with E-state index in [9.17, 15) is 18.0 Å². The highest BCUT2D eigenvalue weighted by molar-refractivity contribution is 5.76. The molecule has 4 nitrogen and oxygen atoms in total. The van der Waals surface area contributed by atoms with Gasteiger partial charge in [0.1, 0.15) is 5.82 Å². The maximum absolute atomic E-state index is 13.6. The molecule has 0 N–H and O–H groups in total. The lowest BCUT2D eigenvalue weighted by Gasteiger charge is -2.02. The van der Waals surface area contributed by atoms with Crippen molar-refractivity contribution in [1.29, 1.82) is 0 Å². The summed E-state index contributed by atoms with van der Waals surface area (Å²) in [5.74, 6) is -2.76. The Labute approximate surface area is 147 Å². The van der Waals surface area contributed by atoms with Gasteiger partial charge in [0.25, 0.3) is 0 Å². The van der Waals surface area contributed by atoms with Gasteiger partial charge in [0.05, 0.1) is 18.7 Å². The maximum Gasteiger partial charge on any atom is 0.312 e.